The van der Waals surface area contributed by atoms with Crippen LogP contribution in [0.25, 0.3) is 93.9 Å². The molecule has 1 nitrogen and oxygen atoms in total. The molecule has 0 atom stereocenters. The van der Waals surface area contributed by atoms with Crippen LogP contribution in [0.15, 0.2) is 164 Å². The van der Waals surface area contributed by atoms with Crippen molar-refractivity contribution in [1.29, 1.82) is 0 Å². The molecule has 0 spiro atoms. The van der Waals surface area contributed by atoms with Crippen molar-refractivity contribution in [3.8, 4) is 61.3 Å². The predicted octanol–water partition coefficient (Wildman–Crippen LogP) is 13.2. The molecule has 0 aliphatic heterocycles. The molecule has 9 aromatic rings. The monoisotopic (exact) mass is 635 g/mol. The van der Waals surface area contributed by atoms with Gasteiger partial charge in [0, 0.05) is 21.9 Å². The summed E-state index contributed by atoms with van der Waals surface area (Å²) in [6.45, 7) is 4.75. The molecule has 0 saturated carbocycles. The minimum absolute atomic E-state index is 0.0710. The molecule has 1 heteroatoms. The van der Waals surface area contributed by atoms with Crippen molar-refractivity contribution in [3.05, 3.63) is 175 Å². The molecule has 0 amide bonds. The quantitative estimate of drug-likeness (QED) is 0.182. The van der Waals surface area contributed by atoms with Gasteiger partial charge in [0.05, 0.1) is 11.0 Å². The van der Waals surface area contributed by atoms with Gasteiger partial charge in [0.25, 0.3) is 0 Å². The smallest absolute Gasteiger partial charge is 0.0541 e. The first-order chi connectivity index (χ1) is 24.6. The minimum Gasteiger partial charge on any atom is -0.309 e. The summed E-state index contributed by atoms with van der Waals surface area (Å²) < 4.78 is 2.39. The van der Waals surface area contributed by atoms with E-state index in [9.17, 15) is 0 Å². The van der Waals surface area contributed by atoms with Gasteiger partial charge in [-0.15, -0.1) is 0 Å². The zero-order valence-electron chi connectivity index (χ0n) is 28.0. The summed E-state index contributed by atoms with van der Waals surface area (Å²) in [6.07, 6.45) is 0. The number of hydrogen-bond donors (Lipinski definition) is 0. The zero-order chi connectivity index (χ0) is 33.1. The molecule has 8 aromatic carbocycles. The van der Waals surface area contributed by atoms with E-state index in [-0.39, 0.29) is 5.41 Å². The fourth-order valence-corrected chi connectivity index (χ4v) is 9.18. The normalized spacial score (nSPS) is 13.6. The van der Waals surface area contributed by atoms with Gasteiger partial charge in [-0.2, -0.15) is 0 Å². The second-order valence-electron chi connectivity index (χ2n) is 14.5. The number of hydrogen-bond acceptors (Lipinski definition) is 0. The van der Waals surface area contributed by atoms with Crippen LogP contribution in [0.3, 0.4) is 0 Å². The third-order valence-corrected chi connectivity index (χ3v) is 11.6. The lowest BCUT2D eigenvalue weighted by Gasteiger charge is -2.22. The largest absolute Gasteiger partial charge is 0.309 e. The fraction of sp³-hybridized carbons (Fsp3) is 0.0612. The molecule has 0 N–H and O–H groups in total. The Morgan fingerprint density at radius 1 is 0.360 bits per heavy atom. The highest BCUT2D eigenvalue weighted by atomic mass is 15.0. The summed E-state index contributed by atoms with van der Waals surface area (Å²) in [5.41, 5.74) is 19.5. The van der Waals surface area contributed by atoms with Gasteiger partial charge < -0.3 is 4.57 Å². The lowest BCUT2D eigenvalue weighted by Crippen LogP contribution is -2.14. The average molecular weight is 636 g/mol. The van der Waals surface area contributed by atoms with E-state index >= 15 is 0 Å². The van der Waals surface area contributed by atoms with E-state index < -0.39 is 0 Å². The van der Waals surface area contributed by atoms with Crippen LogP contribution in [0.5, 0.6) is 0 Å². The third-order valence-electron chi connectivity index (χ3n) is 11.6. The van der Waals surface area contributed by atoms with E-state index in [2.05, 4.69) is 182 Å². The van der Waals surface area contributed by atoms with Crippen LogP contribution >= 0.6 is 0 Å². The summed E-state index contributed by atoms with van der Waals surface area (Å²) in [5, 5.41) is 5.25. The maximum absolute atomic E-state index is 2.45. The third kappa shape index (κ3) is 3.67. The van der Waals surface area contributed by atoms with Gasteiger partial charge in [-0.25, -0.2) is 0 Å². The Hall–Kier alpha value is -6.18. The maximum Gasteiger partial charge on any atom is 0.0541 e. The van der Waals surface area contributed by atoms with Gasteiger partial charge in [-0.05, 0) is 120 Å². The van der Waals surface area contributed by atoms with Crippen molar-refractivity contribution < 1.29 is 0 Å². The molecule has 1 heterocycles. The van der Waals surface area contributed by atoms with Crippen LogP contribution in [0.1, 0.15) is 25.0 Å². The molecule has 234 valence electrons. The number of benzene rings is 8. The average Bonchev–Trinajstić information content (AvgIpc) is 3.76. The van der Waals surface area contributed by atoms with Crippen molar-refractivity contribution in [2.75, 3.05) is 0 Å². The molecule has 0 unspecified atom stereocenters. The predicted molar refractivity (Wildman–Crippen MR) is 211 cm³/mol. The molecule has 2 aliphatic rings. The minimum atomic E-state index is -0.0710. The first-order valence-electron chi connectivity index (χ1n) is 17.6. The van der Waals surface area contributed by atoms with E-state index in [1.807, 2.05) is 0 Å². The van der Waals surface area contributed by atoms with Crippen LogP contribution in [0, 0.1) is 0 Å². The Morgan fingerprint density at radius 3 is 1.72 bits per heavy atom. The molecule has 0 bridgehead atoms. The highest BCUT2D eigenvalue weighted by molar-refractivity contribution is 6.19. The number of fused-ring (bicyclic) bond motifs is 9. The number of nitrogens with zero attached hydrogens (tertiary/aromatic N) is 1. The van der Waals surface area contributed by atoms with Gasteiger partial charge in [0.15, 0.2) is 0 Å². The van der Waals surface area contributed by atoms with Crippen molar-refractivity contribution >= 4 is 32.6 Å². The highest BCUT2D eigenvalue weighted by Crippen LogP contribution is 2.53. The van der Waals surface area contributed by atoms with Gasteiger partial charge >= 0.3 is 0 Å². The molecule has 2 aliphatic carbocycles. The fourth-order valence-electron chi connectivity index (χ4n) is 9.18. The molecule has 1 aromatic heterocycles. The maximum atomic E-state index is 2.45. The van der Waals surface area contributed by atoms with E-state index in [1.165, 1.54) is 105 Å². The molecule has 11 rings (SSSR count). The summed E-state index contributed by atoms with van der Waals surface area (Å²) in [5.74, 6) is 0. The van der Waals surface area contributed by atoms with Crippen molar-refractivity contribution in [1.82, 2.24) is 4.57 Å². The van der Waals surface area contributed by atoms with Gasteiger partial charge in [-0.3, -0.25) is 0 Å². The molecular formula is C49H33N. The van der Waals surface area contributed by atoms with Crippen LogP contribution < -0.4 is 0 Å². The van der Waals surface area contributed by atoms with Crippen LogP contribution in [0.4, 0.5) is 0 Å². The number of rotatable bonds is 3. The van der Waals surface area contributed by atoms with Gasteiger partial charge in [0.1, 0.15) is 0 Å². The Labute approximate surface area is 291 Å². The summed E-state index contributed by atoms with van der Waals surface area (Å²) >= 11 is 0. The lowest BCUT2D eigenvalue weighted by atomic mass is 9.81. The Kier molecular flexibility index (Phi) is 5.51. The van der Waals surface area contributed by atoms with E-state index in [4.69, 9.17) is 0 Å². The SMILES string of the molecule is CC1(C)c2ccc(-c3ccc4c(c3)c3ccccc3n4-c3ccccc3)cc2-c2cc(-c3ccc4c5c(cccc35)-c3ccccc3-4)ccc21. The van der Waals surface area contributed by atoms with Crippen molar-refractivity contribution in [2.24, 2.45) is 0 Å². The highest BCUT2D eigenvalue weighted by Gasteiger charge is 2.36. The Bertz CT molecular complexity index is 2850. The summed E-state index contributed by atoms with van der Waals surface area (Å²) in [6, 6.07) is 61.1. The van der Waals surface area contributed by atoms with Crippen LogP contribution in [-0.2, 0) is 5.41 Å². The van der Waals surface area contributed by atoms with Crippen molar-refractivity contribution in [2.45, 2.75) is 19.3 Å². The topological polar surface area (TPSA) is 4.93 Å². The molecule has 0 fully saturated rings. The standard InChI is InChI=1S/C49H33N/c1-49(2)44-24-19-30(31-21-26-47-43(28-31)37-15-8-9-18-46(37)50(47)33-11-4-3-5-12-33)27-41(44)42-29-32(20-25-45(42)49)34-22-23-40-36-14-7-6-13-35(36)39-17-10-16-38(34)48(39)40/h3-29H,1-2H3. The Balaban J connectivity index is 1.06. The lowest BCUT2D eigenvalue weighted by molar-refractivity contribution is 0.660. The van der Waals surface area contributed by atoms with Crippen LogP contribution in [0.2, 0.25) is 0 Å². The van der Waals surface area contributed by atoms with Gasteiger partial charge in [-0.1, -0.05) is 135 Å². The van der Waals surface area contributed by atoms with E-state index in [1.54, 1.807) is 0 Å². The second-order valence-corrected chi connectivity index (χ2v) is 14.5. The van der Waals surface area contributed by atoms with Crippen molar-refractivity contribution in [3.63, 3.8) is 0 Å². The zero-order valence-corrected chi connectivity index (χ0v) is 28.0. The number of aromatic nitrogens is 1. The first kappa shape index (κ1) is 27.7. The first-order valence-corrected chi connectivity index (χ1v) is 17.6. The number of para-hydroxylation sites is 2. The second kappa shape index (κ2) is 9.94. The van der Waals surface area contributed by atoms with Crippen LogP contribution in [-0.4, -0.2) is 4.57 Å². The summed E-state index contributed by atoms with van der Waals surface area (Å²) in [4.78, 5) is 0. The molecular weight excluding hydrogens is 603 g/mol. The molecule has 0 radical (unpaired) electrons. The van der Waals surface area contributed by atoms with E-state index in [0.29, 0.717) is 0 Å². The molecule has 50 heavy (non-hydrogen) atoms. The molecule has 0 saturated heterocycles. The van der Waals surface area contributed by atoms with Gasteiger partial charge in [0.2, 0.25) is 0 Å². The summed E-state index contributed by atoms with van der Waals surface area (Å²) in [7, 11) is 0. The van der Waals surface area contributed by atoms with E-state index in [0.717, 1.165) is 0 Å². The Morgan fingerprint density at radius 2 is 0.920 bits per heavy atom.